The van der Waals surface area contributed by atoms with Crippen LogP contribution in [0.15, 0.2) is 65.8 Å². The number of aliphatic hydroxyl groups is 5. The number of urea groups is 1. The Morgan fingerprint density at radius 2 is 1.69 bits per heavy atom. The van der Waals surface area contributed by atoms with Crippen molar-refractivity contribution in [2.24, 2.45) is 0 Å². The number of carbonyl (C=O) groups excluding carboxylic acids is 2. The van der Waals surface area contributed by atoms with Crippen molar-refractivity contribution in [3.05, 3.63) is 77.1 Å². The first-order chi connectivity index (χ1) is 28.5. The molecule has 0 bridgehead atoms. The monoisotopic (exact) mass is 855 g/mol. The number of aliphatic hydroxyl groups excluding tert-OH is 5. The maximum Gasteiger partial charge on any atom is 0.315 e. The Kier molecular flexibility index (Phi) is 16.7. The molecule has 1 aliphatic heterocycles. The highest BCUT2D eigenvalue weighted by Crippen LogP contribution is 2.53. The van der Waals surface area contributed by atoms with Crippen molar-refractivity contribution in [3.8, 4) is 16.9 Å². The molecule has 3 aliphatic rings. The molecule has 3 amide bonds. The molecule has 3 fully saturated rings. The lowest BCUT2D eigenvalue weighted by molar-refractivity contribution is -0.127. The molecule has 0 unspecified atom stereocenters. The van der Waals surface area contributed by atoms with Crippen molar-refractivity contribution in [2.75, 3.05) is 45.1 Å². The van der Waals surface area contributed by atoms with Crippen LogP contribution in [0.1, 0.15) is 68.9 Å². The Balaban J connectivity index is 0.840. The Hall–Kier alpha value is -3.51. The van der Waals surface area contributed by atoms with Crippen LogP contribution in [0.4, 0.5) is 4.79 Å². The summed E-state index contributed by atoms with van der Waals surface area (Å²) >= 11 is 8.45. The van der Waals surface area contributed by atoms with Gasteiger partial charge < -0.3 is 51.0 Å². The molecule has 8 N–H and O–H groups in total. The Bertz CT molecular complexity index is 1830. The van der Waals surface area contributed by atoms with Crippen LogP contribution < -0.4 is 20.7 Å². The van der Waals surface area contributed by atoms with E-state index in [2.05, 4.69) is 39.1 Å². The second-order valence-corrected chi connectivity index (χ2v) is 17.3. The summed E-state index contributed by atoms with van der Waals surface area (Å²) in [6.07, 6.45) is 5.68. The van der Waals surface area contributed by atoms with Crippen molar-refractivity contribution >= 4 is 35.3 Å². The summed E-state index contributed by atoms with van der Waals surface area (Å²) in [5.74, 6) is 1.48. The Labute approximate surface area is 355 Å². The van der Waals surface area contributed by atoms with Gasteiger partial charge in [-0.25, -0.2) is 4.79 Å². The predicted molar refractivity (Wildman–Crippen MR) is 225 cm³/mol. The van der Waals surface area contributed by atoms with E-state index in [1.54, 1.807) is 11.8 Å². The SMILES string of the molecule is O=C(CN1CCC(NC(=O)NCCCCCSc2ccc(Cl)c(COC3(c4cnccc4-c4ccccc4OC4CC4)CC3)c2)CC1)NC[C@H](O)[C@@H](O)[C@H](O)[C@H](O)CO. The third-order valence-electron chi connectivity index (χ3n) is 11.0. The standard InChI is InChI=1S/C43H58ClN5O9S/c44-35-11-10-31(22-28(35)27-57-43(15-16-43)34-23-45-18-12-32(34)33-6-2-3-7-38(33)58-30-8-9-30)59-21-5-1-4-17-46-42(56)48-29-13-19-49(20-14-29)25-39(53)47-24-36(51)40(54)41(55)37(52)26-50/h2-3,6-7,10-12,18,22-23,29-30,36-37,40-41,50-52,54-55H,1,4-5,8-9,13-17,19-21,24-27H2,(H,47,53)(H2,46,48,56)/t36-,37+,40+,41+/m0/s1. The van der Waals surface area contributed by atoms with Gasteiger partial charge in [0.05, 0.1) is 37.6 Å². The minimum Gasteiger partial charge on any atom is -0.490 e. The lowest BCUT2D eigenvalue weighted by Crippen LogP contribution is -2.52. The molecule has 4 atom stereocenters. The minimum atomic E-state index is -1.75. The quantitative estimate of drug-likeness (QED) is 0.0508. The van der Waals surface area contributed by atoms with Crippen molar-refractivity contribution in [1.82, 2.24) is 25.8 Å². The fourth-order valence-electron chi connectivity index (χ4n) is 7.15. The van der Waals surface area contributed by atoms with Gasteiger partial charge in [0.2, 0.25) is 5.91 Å². The number of unbranched alkanes of at least 4 members (excludes halogenated alkanes) is 2. The van der Waals surface area contributed by atoms with Crippen molar-refractivity contribution in [1.29, 1.82) is 0 Å². The number of aromatic nitrogens is 1. The first-order valence-electron chi connectivity index (χ1n) is 20.7. The van der Waals surface area contributed by atoms with Gasteiger partial charge in [-0.3, -0.25) is 14.7 Å². The number of para-hydroxylation sites is 1. The van der Waals surface area contributed by atoms with Crippen LogP contribution in [0.2, 0.25) is 5.02 Å². The van der Waals surface area contributed by atoms with E-state index < -0.39 is 36.6 Å². The number of nitrogens with zero attached hydrogens (tertiary/aromatic N) is 2. The van der Waals surface area contributed by atoms with Gasteiger partial charge in [-0.1, -0.05) is 36.2 Å². The minimum absolute atomic E-state index is 0.00591. The van der Waals surface area contributed by atoms with E-state index in [1.165, 1.54) is 0 Å². The Morgan fingerprint density at radius 1 is 0.932 bits per heavy atom. The molecule has 0 spiro atoms. The summed E-state index contributed by atoms with van der Waals surface area (Å²) in [6, 6.07) is 16.2. The van der Waals surface area contributed by atoms with Gasteiger partial charge in [0, 0.05) is 65.7 Å². The number of nitrogens with one attached hydrogen (secondary N) is 3. The molecule has 1 aromatic heterocycles. The van der Waals surface area contributed by atoms with E-state index in [0.29, 0.717) is 50.2 Å². The zero-order valence-corrected chi connectivity index (χ0v) is 34.9. The van der Waals surface area contributed by atoms with E-state index in [9.17, 15) is 30.0 Å². The second kappa shape index (κ2) is 21.8. The van der Waals surface area contributed by atoms with Crippen LogP contribution in [0.25, 0.3) is 11.1 Å². The maximum atomic E-state index is 12.5. The third kappa shape index (κ3) is 13.2. The summed E-state index contributed by atoms with van der Waals surface area (Å²) in [6.45, 7) is 1.16. The average molecular weight is 856 g/mol. The van der Waals surface area contributed by atoms with Gasteiger partial charge >= 0.3 is 6.03 Å². The number of piperidine rings is 1. The van der Waals surface area contributed by atoms with E-state index in [4.69, 9.17) is 26.2 Å². The number of pyridine rings is 1. The van der Waals surface area contributed by atoms with Crippen LogP contribution in [0, 0.1) is 0 Å². The smallest absolute Gasteiger partial charge is 0.315 e. The molecular formula is C43H58ClN5O9S. The summed E-state index contributed by atoms with van der Waals surface area (Å²) in [5.41, 5.74) is 3.79. The highest BCUT2D eigenvalue weighted by molar-refractivity contribution is 7.99. The number of carbonyl (C=O) groups is 2. The van der Waals surface area contributed by atoms with E-state index in [0.717, 1.165) is 83.6 Å². The molecule has 59 heavy (non-hydrogen) atoms. The zero-order valence-electron chi connectivity index (χ0n) is 33.3. The van der Waals surface area contributed by atoms with Crippen molar-refractivity contribution < 1.29 is 44.6 Å². The number of thioether (sulfide) groups is 1. The number of rotatable bonds is 23. The van der Waals surface area contributed by atoms with Gasteiger partial charge in [0.1, 0.15) is 24.1 Å². The van der Waals surface area contributed by atoms with Gasteiger partial charge in [-0.05, 0) is 98.6 Å². The first kappa shape index (κ1) is 45.0. The molecule has 6 rings (SSSR count). The topological polar surface area (TPSA) is 206 Å². The lowest BCUT2D eigenvalue weighted by Gasteiger charge is -2.32. The van der Waals surface area contributed by atoms with E-state index in [1.807, 2.05) is 47.6 Å². The molecule has 2 aromatic carbocycles. The largest absolute Gasteiger partial charge is 0.490 e. The van der Waals surface area contributed by atoms with Gasteiger partial charge in [-0.2, -0.15) is 0 Å². The van der Waals surface area contributed by atoms with Gasteiger partial charge in [0.15, 0.2) is 0 Å². The molecule has 2 saturated carbocycles. The number of amides is 3. The zero-order chi connectivity index (χ0) is 41.8. The number of hydrogen-bond donors (Lipinski definition) is 8. The van der Waals surface area contributed by atoms with Gasteiger partial charge in [0.25, 0.3) is 0 Å². The van der Waals surface area contributed by atoms with E-state index in [-0.39, 0.29) is 31.1 Å². The first-order valence-corrected chi connectivity index (χ1v) is 22.0. The highest BCUT2D eigenvalue weighted by atomic mass is 35.5. The third-order valence-corrected chi connectivity index (χ3v) is 12.5. The molecule has 2 aliphatic carbocycles. The van der Waals surface area contributed by atoms with Crippen LogP contribution in [0.5, 0.6) is 5.75 Å². The number of benzene rings is 2. The van der Waals surface area contributed by atoms with Crippen LogP contribution >= 0.6 is 23.4 Å². The molecule has 14 nitrogen and oxygen atoms in total. The van der Waals surface area contributed by atoms with E-state index >= 15 is 0 Å². The number of halogens is 1. The number of ether oxygens (including phenoxy) is 2. The summed E-state index contributed by atoms with van der Waals surface area (Å²) < 4.78 is 12.9. The fourth-order valence-corrected chi connectivity index (χ4v) is 8.30. The second-order valence-electron chi connectivity index (χ2n) is 15.7. The van der Waals surface area contributed by atoms with Crippen LogP contribution in [-0.2, 0) is 21.7 Å². The summed E-state index contributed by atoms with van der Waals surface area (Å²) in [4.78, 5) is 32.4. The maximum absolute atomic E-state index is 12.5. The molecule has 2 heterocycles. The molecule has 322 valence electrons. The number of likely N-dealkylation sites (tertiary alicyclic amines) is 1. The average Bonchev–Trinajstić information content (AvgIpc) is 4.20. The number of hydrogen-bond acceptors (Lipinski definition) is 12. The van der Waals surface area contributed by atoms with Crippen molar-refractivity contribution in [3.63, 3.8) is 0 Å². The van der Waals surface area contributed by atoms with Crippen LogP contribution in [-0.4, -0.2) is 129 Å². The normalized spacial score (nSPS) is 18.7. The highest BCUT2D eigenvalue weighted by Gasteiger charge is 2.48. The molecule has 3 aromatic rings. The molecule has 0 radical (unpaired) electrons. The summed E-state index contributed by atoms with van der Waals surface area (Å²) in [5, 5.41) is 57.1. The fraction of sp³-hybridized carbons (Fsp3) is 0.558. The van der Waals surface area contributed by atoms with Crippen LogP contribution in [0.3, 0.4) is 0 Å². The Morgan fingerprint density at radius 3 is 2.44 bits per heavy atom. The molecule has 1 saturated heterocycles. The lowest BCUT2D eigenvalue weighted by atomic mass is 9.96. The predicted octanol–water partition coefficient (Wildman–Crippen LogP) is 3.73. The van der Waals surface area contributed by atoms with Crippen molar-refractivity contribution in [2.45, 2.75) is 111 Å². The molecular weight excluding hydrogens is 798 g/mol. The molecule has 16 heteroatoms. The summed E-state index contributed by atoms with van der Waals surface area (Å²) in [7, 11) is 0. The van der Waals surface area contributed by atoms with Gasteiger partial charge in [-0.15, -0.1) is 11.8 Å².